The van der Waals surface area contributed by atoms with Crippen LogP contribution in [0.4, 0.5) is 0 Å². The summed E-state index contributed by atoms with van der Waals surface area (Å²) in [5.74, 6) is 0.349. The van der Waals surface area contributed by atoms with Crippen molar-refractivity contribution in [2.75, 3.05) is 0 Å². The fourth-order valence-electron chi connectivity index (χ4n) is 2.26. The summed E-state index contributed by atoms with van der Waals surface area (Å²) in [5.41, 5.74) is 0. The van der Waals surface area contributed by atoms with Crippen molar-refractivity contribution in [3.63, 3.8) is 0 Å². The van der Waals surface area contributed by atoms with Crippen LogP contribution in [-0.2, 0) is 4.79 Å². The second-order valence-electron chi connectivity index (χ2n) is 4.18. The maximum atomic E-state index is 11.7. The Morgan fingerprint density at radius 3 is 2.31 bits per heavy atom. The summed E-state index contributed by atoms with van der Waals surface area (Å²) in [7, 11) is 0. The molecule has 2 atom stereocenters. The van der Waals surface area contributed by atoms with Gasteiger partial charge in [-0.25, -0.2) is 0 Å². The van der Waals surface area contributed by atoms with Gasteiger partial charge in [-0.05, 0) is 39.5 Å². The summed E-state index contributed by atoms with van der Waals surface area (Å²) in [5, 5.41) is 0. The summed E-state index contributed by atoms with van der Waals surface area (Å²) in [6.07, 6.45) is 5.32. The number of nitrogens with zero attached hydrogens (tertiary/aromatic N) is 1. The summed E-state index contributed by atoms with van der Waals surface area (Å²) >= 11 is 0. The van der Waals surface area contributed by atoms with Gasteiger partial charge in [0.25, 0.3) is 0 Å². The van der Waals surface area contributed by atoms with Crippen LogP contribution in [0.1, 0.15) is 52.9 Å². The third-order valence-corrected chi connectivity index (χ3v) is 2.95. The van der Waals surface area contributed by atoms with E-state index in [2.05, 4.69) is 25.7 Å². The molecular formula is C11H21NO. The first-order valence-electron chi connectivity index (χ1n) is 5.48. The van der Waals surface area contributed by atoms with Gasteiger partial charge in [0, 0.05) is 18.5 Å². The highest BCUT2D eigenvalue weighted by molar-refractivity contribution is 5.76. The first-order valence-corrected chi connectivity index (χ1v) is 5.48. The highest BCUT2D eigenvalue weighted by Gasteiger charge is 2.27. The highest BCUT2D eigenvalue weighted by atomic mass is 16.2. The standard InChI is InChI=1S/C11H21NO/c1-4-6-11(13)12-9(2)7-5-8-10(12)3/h9-10H,4-8H2,1-3H3/t9-,10+. The molecule has 13 heavy (non-hydrogen) atoms. The quantitative estimate of drug-likeness (QED) is 0.644. The second-order valence-corrected chi connectivity index (χ2v) is 4.18. The van der Waals surface area contributed by atoms with Gasteiger partial charge < -0.3 is 4.90 Å². The van der Waals surface area contributed by atoms with Gasteiger partial charge in [0.15, 0.2) is 0 Å². The van der Waals surface area contributed by atoms with Crippen LogP contribution < -0.4 is 0 Å². The fourth-order valence-corrected chi connectivity index (χ4v) is 2.26. The molecule has 0 bridgehead atoms. The number of rotatable bonds is 2. The van der Waals surface area contributed by atoms with Crippen LogP contribution in [0.2, 0.25) is 0 Å². The molecule has 1 fully saturated rings. The molecule has 0 spiro atoms. The lowest BCUT2D eigenvalue weighted by Crippen LogP contribution is -2.47. The average molecular weight is 183 g/mol. The molecule has 1 amide bonds. The molecule has 0 aromatic carbocycles. The smallest absolute Gasteiger partial charge is 0.223 e. The minimum absolute atomic E-state index is 0.349. The molecule has 0 unspecified atom stereocenters. The molecule has 1 heterocycles. The molecule has 0 radical (unpaired) electrons. The Morgan fingerprint density at radius 1 is 1.31 bits per heavy atom. The molecule has 0 aromatic heterocycles. The number of likely N-dealkylation sites (tertiary alicyclic amines) is 1. The van der Waals surface area contributed by atoms with Crippen LogP contribution in [0.3, 0.4) is 0 Å². The average Bonchev–Trinajstić information content (AvgIpc) is 2.04. The van der Waals surface area contributed by atoms with E-state index in [1.807, 2.05) is 0 Å². The van der Waals surface area contributed by atoms with E-state index >= 15 is 0 Å². The first kappa shape index (κ1) is 10.6. The molecule has 1 aliphatic rings. The summed E-state index contributed by atoms with van der Waals surface area (Å²) in [4.78, 5) is 13.8. The molecule has 2 heteroatoms. The van der Waals surface area contributed by atoms with Gasteiger partial charge in [-0.3, -0.25) is 4.79 Å². The lowest BCUT2D eigenvalue weighted by molar-refractivity contribution is -0.137. The first-order chi connectivity index (χ1) is 6.16. The van der Waals surface area contributed by atoms with E-state index in [0.29, 0.717) is 24.4 Å². The van der Waals surface area contributed by atoms with E-state index < -0.39 is 0 Å². The van der Waals surface area contributed by atoms with Crippen molar-refractivity contribution in [1.29, 1.82) is 0 Å². The van der Waals surface area contributed by atoms with E-state index in [-0.39, 0.29) is 0 Å². The lowest BCUT2D eigenvalue weighted by Gasteiger charge is -2.39. The molecule has 0 saturated carbocycles. The predicted molar refractivity (Wildman–Crippen MR) is 54.5 cm³/mol. The molecule has 0 N–H and O–H groups in total. The van der Waals surface area contributed by atoms with Gasteiger partial charge in [-0.2, -0.15) is 0 Å². The Kier molecular flexibility index (Phi) is 3.76. The van der Waals surface area contributed by atoms with Crippen LogP contribution in [-0.4, -0.2) is 22.9 Å². The predicted octanol–water partition coefficient (Wildman–Crippen LogP) is 2.58. The van der Waals surface area contributed by atoms with Gasteiger partial charge in [-0.1, -0.05) is 6.92 Å². The number of hydrogen-bond acceptors (Lipinski definition) is 1. The van der Waals surface area contributed by atoms with Crippen LogP contribution in [0, 0.1) is 0 Å². The van der Waals surface area contributed by atoms with Gasteiger partial charge in [-0.15, -0.1) is 0 Å². The van der Waals surface area contributed by atoms with E-state index in [1.54, 1.807) is 0 Å². The maximum Gasteiger partial charge on any atom is 0.223 e. The second kappa shape index (κ2) is 4.64. The number of piperidine rings is 1. The summed E-state index contributed by atoms with van der Waals surface area (Å²) in [6.45, 7) is 6.41. The van der Waals surface area contributed by atoms with Crippen molar-refractivity contribution in [1.82, 2.24) is 4.90 Å². The number of amides is 1. The maximum absolute atomic E-state index is 11.7. The number of hydrogen-bond donors (Lipinski definition) is 0. The highest BCUT2D eigenvalue weighted by Crippen LogP contribution is 2.23. The van der Waals surface area contributed by atoms with E-state index in [0.717, 1.165) is 6.42 Å². The Balaban J connectivity index is 2.57. The third-order valence-electron chi connectivity index (χ3n) is 2.95. The summed E-state index contributed by atoms with van der Waals surface area (Å²) < 4.78 is 0. The zero-order valence-corrected chi connectivity index (χ0v) is 9.05. The van der Waals surface area contributed by atoms with Crippen molar-refractivity contribution in [2.45, 2.75) is 65.0 Å². The van der Waals surface area contributed by atoms with Crippen molar-refractivity contribution in [2.24, 2.45) is 0 Å². The number of carbonyl (C=O) groups excluding carboxylic acids is 1. The van der Waals surface area contributed by atoms with Gasteiger partial charge in [0.2, 0.25) is 5.91 Å². The Hall–Kier alpha value is -0.530. The largest absolute Gasteiger partial charge is 0.337 e. The molecule has 1 aliphatic heterocycles. The van der Waals surface area contributed by atoms with E-state index in [4.69, 9.17) is 0 Å². The minimum atomic E-state index is 0.349. The molecule has 0 aliphatic carbocycles. The van der Waals surface area contributed by atoms with E-state index in [9.17, 15) is 4.79 Å². The zero-order valence-electron chi connectivity index (χ0n) is 9.05. The normalized spacial score (nSPS) is 29.0. The van der Waals surface area contributed by atoms with Gasteiger partial charge in [0.05, 0.1) is 0 Å². The topological polar surface area (TPSA) is 20.3 Å². The Bertz CT molecular complexity index is 169. The molecule has 1 rings (SSSR count). The molecule has 0 aromatic rings. The zero-order chi connectivity index (χ0) is 9.84. The SMILES string of the molecule is CCCC(=O)N1[C@H](C)CCC[C@@H]1C. The van der Waals surface area contributed by atoms with E-state index in [1.165, 1.54) is 19.3 Å². The van der Waals surface area contributed by atoms with Gasteiger partial charge in [0.1, 0.15) is 0 Å². The molecular weight excluding hydrogens is 162 g/mol. The minimum Gasteiger partial charge on any atom is -0.337 e. The molecule has 2 nitrogen and oxygen atoms in total. The Morgan fingerprint density at radius 2 is 1.85 bits per heavy atom. The number of carbonyl (C=O) groups is 1. The monoisotopic (exact) mass is 183 g/mol. The van der Waals surface area contributed by atoms with Crippen LogP contribution >= 0.6 is 0 Å². The van der Waals surface area contributed by atoms with Crippen LogP contribution in [0.25, 0.3) is 0 Å². The summed E-state index contributed by atoms with van der Waals surface area (Å²) in [6, 6.07) is 0.922. The van der Waals surface area contributed by atoms with Crippen molar-refractivity contribution < 1.29 is 4.79 Å². The fraction of sp³-hybridized carbons (Fsp3) is 0.909. The Labute approximate surface area is 81.3 Å². The van der Waals surface area contributed by atoms with Crippen molar-refractivity contribution in [3.8, 4) is 0 Å². The lowest BCUT2D eigenvalue weighted by atomic mass is 9.97. The van der Waals surface area contributed by atoms with Crippen molar-refractivity contribution >= 4 is 5.91 Å². The van der Waals surface area contributed by atoms with Crippen LogP contribution in [0.15, 0.2) is 0 Å². The van der Waals surface area contributed by atoms with Crippen molar-refractivity contribution in [3.05, 3.63) is 0 Å². The molecule has 1 saturated heterocycles. The molecule has 76 valence electrons. The third kappa shape index (κ3) is 2.45. The van der Waals surface area contributed by atoms with Crippen LogP contribution in [0.5, 0.6) is 0 Å². The van der Waals surface area contributed by atoms with Gasteiger partial charge >= 0.3 is 0 Å².